The van der Waals surface area contributed by atoms with Gasteiger partial charge in [0.25, 0.3) is 5.91 Å². The molecule has 2 N–H and O–H groups in total. The zero-order valence-corrected chi connectivity index (χ0v) is 14.8. The van der Waals surface area contributed by atoms with Gasteiger partial charge in [-0.3, -0.25) is 4.79 Å². The van der Waals surface area contributed by atoms with Crippen LogP contribution >= 0.6 is 24.0 Å². The Bertz CT molecular complexity index is 521. The average Bonchev–Trinajstić information content (AvgIpc) is 2.45. The molecule has 1 aromatic rings. The predicted octanol–water partition coefficient (Wildman–Crippen LogP) is 3.28. The van der Waals surface area contributed by atoms with E-state index < -0.39 is 0 Å². The number of piperidine rings is 1. The van der Waals surface area contributed by atoms with Crippen LogP contribution in [-0.4, -0.2) is 32.1 Å². The second-order valence-corrected chi connectivity index (χ2v) is 6.59. The monoisotopic (exact) mass is 346 g/mol. The molecule has 2 rings (SSSR count). The third kappa shape index (κ3) is 4.51. The third-order valence-corrected chi connectivity index (χ3v) is 4.44. The molecule has 1 aliphatic rings. The molecule has 0 radical (unpaired) electrons. The molecule has 22 heavy (non-hydrogen) atoms. The first-order valence-corrected chi connectivity index (χ1v) is 7.67. The minimum Gasteiger partial charge on any atom is -0.496 e. The second-order valence-electron chi connectivity index (χ2n) is 6.15. The molecule has 1 amide bonds. The van der Waals surface area contributed by atoms with Crippen molar-refractivity contribution in [2.45, 2.75) is 32.7 Å². The summed E-state index contributed by atoms with van der Waals surface area (Å²) in [6.45, 7) is 6.09. The lowest BCUT2D eigenvalue weighted by atomic mass is 9.77. The van der Waals surface area contributed by atoms with Crippen LogP contribution in [0.2, 0.25) is 5.02 Å². The van der Waals surface area contributed by atoms with E-state index >= 15 is 0 Å². The van der Waals surface area contributed by atoms with E-state index in [4.69, 9.17) is 16.3 Å². The fraction of sp³-hybridized carbons (Fsp3) is 0.562. The van der Waals surface area contributed by atoms with Crippen molar-refractivity contribution in [1.82, 2.24) is 10.6 Å². The maximum atomic E-state index is 12.3. The third-order valence-electron chi connectivity index (χ3n) is 4.21. The molecule has 6 heteroatoms. The summed E-state index contributed by atoms with van der Waals surface area (Å²) in [4.78, 5) is 12.3. The quantitative estimate of drug-likeness (QED) is 0.879. The summed E-state index contributed by atoms with van der Waals surface area (Å²) in [5.41, 5.74) is 0.700. The number of benzene rings is 1. The lowest BCUT2D eigenvalue weighted by molar-refractivity contribution is 0.0926. The first-order valence-electron chi connectivity index (χ1n) is 7.29. The number of amides is 1. The maximum absolute atomic E-state index is 12.3. The minimum atomic E-state index is -0.133. The molecule has 1 unspecified atom stereocenters. The van der Waals surface area contributed by atoms with Crippen LogP contribution in [0.5, 0.6) is 5.75 Å². The summed E-state index contributed by atoms with van der Waals surface area (Å²) >= 11 is 5.91. The second kappa shape index (κ2) is 8.04. The molecule has 124 valence electrons. The van der Waals surface area contributed by atoms with Crippen molar-refractivity contribution in [2.75, 3.05) is 20.2 Å². The van der Waals surface area contributed by atoms with Gasteiger partial charge in [0.1, 0.15) is 5.75 Å². The molecular weight excluding hydrogens is 323 g/mol. The van der Waals surface area contributed by atoms with Gasteiger partial charge in [-0.2, -0.15) is 0 Å². The summed E-state index contributed by atoms with van der Waals surface area (Å²) in [7, 11) is 1.54. The van der Waals surface area contributed by atoms with Gasteiger partial charge in [-0.25, -0.2) is 0 Å². The van der Waals surface area contributed by atoms with E-state index in [-0.39, 0.29) is 29.8 Å². The SMILES string of the molecule is COc1cc(Cl)ccc1C(=O)NCC1NCCCC1(C)C.Cl. The first-order chi connectivity index (χ1) is 9.94. The summed E-state index contributed by atoms with van der Waals surface area (Å²) in [5.74, 6) is 0.363. The van der Waals surface area contributed by atoms with Crippen LogP contribution in [0.1, 0.15) is 37.0 Å². The molecule has 0 aliphatic carbocycles. The molecule has 0 aromatic heterocycles. The van der Waals surface area contributed by atoms with Crippen LogP contribution in [0.3, 0.4) is 0 Å². The fourth-order valence-electron chi connectivity index (χ4n) is 2.76. The van der Waals surface area contributed by atoms with Crippen molar-refractivity contribution in [3.05, 3.63) is 28.8 Å². The van der Waals surface area contributed by atoms with Crippen LogP contribution in [0.15, 0.2) is 18.2 Å². The molecule has 1 atom stereocenters. The Morgan fingerprint density at radius 2 is 2.23 bits per heavy atom. The van der Waals surface area contributed by atoms with Crippen molar-refractivity contribution < 1.29 is 9.53 Å². The molecule has 0 bridgehead atoms. The van der Waals surface area contributed by atoms with Crippen molar-refractivity contribution in [2.24, 2.45) is 5.41 Å². The summed E-state index contributed by atoms with van der Waals surface area (Å²) in [5, 5.41) is 7.03. The van der Waals surface area contributed by atoms with Gasteiger partial charge < -0.3 is 15.4 Å². The van der Waals surface area contributed by atoms with E-state index in [1.165, 1.54) is 20.0 Å². The Morgan fingerprint density at radius 3 is 2.86 bits per heavy atom. The lowest BCUT2D eigenvalue weighted by Crippen LogP contribution is -2.52. The Kier molecular flexibility index (Phi) is 6.98. The van der Waals surface area contributed by atoms with E-state index in [0.717, 1.165) is 6.54 Å². The molecule has 1 saturated heterocycles. The van der Waals surface area contributed by atoms with Gasteiger partial charge in [-0.15, -0.1) is 12.4 Å². The normalized spacial score (nSPS) is 19.9. The Balaban J connectivity index is 0.00000242. The van der Waals surface area contributed by atoms with Gasteiger partial charge in [0.05, 0.1) is 12.7 Å². The van der Waals surface area contributed by atoms with Crippen LogP contribution < -0.4 is 15.4 Å². The van der Waals surface area contributed by atoms with E-state index in [0.29, 0.717) is 22.9 Å². The van der Waals surface area contributed by atoms with Crippen LogP contribution in [0, 0.1) is 5.41 Å². The van der Waals surface area contributed by atoms with E-state index in [1.807, 2.05) is 0 Å². The molecule has 1 aromatic carbocycles. The number of hydrogen-bond acceptors (Lipinski definition) is 3. The molecule has 1 heterocycles. The van der Waals surface area contributed by atoms with Crippen molar-refractivity contribution in [1.29, 1.82) is 0 Å². The Labute approximate surface area is 143 Å². The standard InChI is InChI=1S/C16H23ClN2O2.ClH/c1-16(2)7-4-8-18-14(16)10-19-15(20)12-6-5-11(17)9-13(12)21-3;/h5-6,9,14,18H,4,7-8,10H2,1-3H3,(H,19,20);1H. The number of rotatable bonds is 4. The average molecular weight is 347 g/mol. The zero-order chi connectivity index (χ0) is 15.5. The summed E-state index contributed by atoms with van der Waals surface area (Å²) in [6.07, 6.45) is 2.35. The Hall–Kier alpha value is -0.970. The number of hydrogen-bond donors (Lipinski definition) is 2. The van der Waals surface area contributed by atoms with E-state index in [1.54, 1.807) is 18.2 Å². The van der Waals surface area contributed by atoms with Crippen LogP contribution in [-0.2, 0) is 0 Å². The smallest absolute Gasteiger partial charge is 0.255 e. The van der Waals surface area contributed by atoms with E-state index in [2.05, 4.69) is 24.5 Å². The highest BCUT2D eigenvalue weighted by molar-refractivity contribution is 6.30. The molecule has 1 fully saturated rings. The van der Waals surface area contributed by atoms with E-state index in [9.17, 15) is 4.79 Å². The molecule has 0 spiro atoms. The molecule has 0 saturated carbocycles. The topological polar surface area (TPSA) is 50.4 Å². The van der Waals surface area contributed by atoms with Gasteiger partial charge in [-0.1, -0.05) is 25.4 Å². The number of ether oxygens (including phenoxy) is 1. The van der Waals surface area contributed by atoms with Gasteiger partial charge in [0, 0.05) is 17.6 Å². The number of carbonyl (C=O) groups excluding carboxylic acids is 1. The van der Waals surface area contributed by atoms with Crippen LogP contribution in [0.4, 0.5) is 0 Å². The highest BCUT2D eigenvalue weighted by Crippen LogP contribution is 2.30. The lowest BCUT2D eigenvalue weighted by Gasteiger charge is -2.39. The number of methoxy groups -OCH3 is 1. The van der Waals surface area contributed by atoms with Gasteiger partial charge in [0.2, 0.25) is 0 Å². The summed E-state index contributed by atoms with van der Waals surface area (Å²) in [6, 6.07) is 5.32. The van der Waals surface area contributed by atoms with Crippen LogP contribution in [0.25, 0.3) is 0 Å². The van der Waals surface area contributed by atoms with Crippen molar-refractivity contribution >= 4 is 29.9 Å². The number of halogens is 2. The first kappa shape index (κ1) is 19.1. The van der Waals surface area contributed by atoms with Crippen molar-refractivity contribution in [3.63, 3.8) is 0 Å². The largest absolute Gasteiger partial charge is 0.496 e. The highest BCUT2D eigenvalue weighted by Gasteiger charge is 2.32. The van der Waals surface area contributed by atoms with Crippen molar-refractivity contribution in [3.8, 4) is 5.75 Å². The number of carbonyl (C=O) groups is 1. The zero-order valence-electron chi connectivity index (χ0n) is 13.2. The Morgan fingerprint density at radius 1 is 1.50 bits per heavy atom. The minimum absolute atomic E-state index is 0. The molecule has 4 nitrogen and oxygen atoms in total. The maximum Gasteiger partial charge on any atom is 0.255 e. The van der Waals surface area contributed by atoms with Gasteiger partial charge in [-0.05, 0) is 43.0 Å². The number of nitrogens with one attached hydrogen (secondary N) is 2. The van der Waals surface area contributed by atoms with Gasteiger partial charge >= 0.3 is 0 Å². The molecule has 1 aliphatic heterocycles. The summed E-state index contributed by atoms with van der Waals surface area (Å²) < 4.78 is 5.22. The molecular formula is C16H24Cl2N2O2. The highest BCUT2D eigenvalue weighted by atomic mass is 35.5. The van der Waals surface area contributed by atoms with Gasteiger partial charge in [0.15, 0.2) is 0 Å². The predicted molar refractivity (Wildman–Crippen MR) is 92.4 cm³/mol. The fourth-order valence-corrected chi connectivity index (χ4v) is 2.92.